The zero-order valence-corrected chi connectivity index (χ0v) is 22.4. The van der Waals surface area contributed by atoms with E-state index in [0.717, 1.165) is 5.56 Å². The Bertz CT molecular complexity index is 1330. The highest BCUT2D eigenvalue weighted by molar-refractivity contribution is 7.80. The maximum atomic E-state index is 13.7. The molecular weight excluding hydrogens is 526 g/mol. The molecule has 196 valence electrons. The molecule has 4 rings (SSSR count). The van der Waals surface area contributed by atoms with Gasteiger partial charge < -0.3 is 19.7 Å². The van der Waals surface area contributed by atoms with Crippen molar-refractivity contribution in [3.8, 4) is 5.75 Å². The standard InChI is InChI=1S/C28H26ClN3O5S/c1-3-37-27(35)19-6-12-22(13-7-19)32-26(34)24(16-25(33)30-21-10-8-20(29)9-11-21)31(28(32)38)17-18-4-14-23(36-2)15-5-18/h4-15,24H,3,16-17H2,1-2H3,(H,30,33)/t24-/m0/s1. The molecule has 1 atom stereocenters. The summed E-state index contributed by atoms with van der Waals surface area (Å²) in [7, 11) is 1.59. The van der Waals surface area contributed by atoms with Gasteiger partial charge in [0.2, 0.25) is 5.91 Å². The first kappa shape index (κ1) is 27.1. The Morgan fingerprint density at radius 3 is 2.26 bits per heavy atom. The van der Waals surface area contributed by atoms with E-state index in [1.165, 1.54) is 4.90 Å². The van der Waals surface area contributed by atoms with Crippen LogP contribution in [0.2, 0.25) is 5.02 Å². The second-order valence-electron chi connectivity index (χ2n) is 8.47. The first-order valence-corrected chi connectivity index (χ1v) is 12.7. The lowest BCUT2D eigenvalue weighted by Crippen LogP contribution is -2.37. The van der Waals surface area contributed by atoms with Crippen molar-refractivity contribution in [2.45, 2.75) is 25.9 Å². The molecule has 1 aliphatic heterocycles. The van der Waals surface area contributed by atoms with Crippen molar-refractivity contribution < 1.29 is 23.9 Å². The van der Waals surface area contributed by atoms with Gasteiger partial charge in [0.15, 0.2) is 5.11 Å². The molecule has 0 saturated carbocycles. The number of halogens is 1. The molecular formula is C28H26ClN3O5S. The van der Waals surface area contributed by atoms with Gasteiger partial charge in [0.1, 0.15) is 11.8 Å². The van der Waals surface area contributed by atoms with E-state index < -0.39 is 12.0 Å². The highest BCUT2D eigenvalue weighted by Gasteiger charge is 2.44. The normalized spacial score (nSPS) is 15.0. The Balaban J connectivity index is 1.59. The summed E-state index contributed by atoms with van der Waals surface area (Å²) in [6, 6.07) is 19.7. The first-order valence-electron chi connectivity index (χ1n) is 11.9. The largest absolute Gasteiger partial charge is 0.497 e. The number of hydrogen-bond donors (Lipinski definition) is 1. The molecule has 8 nitrogen and oxygen atoms in total. The molecule has 0 spiro atoms. The Hall–Kier alpha value is -3.95. The van der Waals surface area contributed by atoms with Crippen LogP contribution in [0.4, 0.5) is 11.4 Å². The number of hydrogen-bond acceptors (Lipinski definition) is 6. The topological polar surface area (TPSA) is 88.2 Å². The van der Waals surface area contributed by atoms with Crippen molar-refractivity contribution in [3.05, 3.63) is 88.9 Å². The number of amides is 2. The molecule has 38 heavy (non-hydrogen) atoms. The number of ether oxygens (including phenoxy) is 2. The highest BCUT2D eigenvalue weighted by Crippen LogP contribution is 2.30. The van der Waals surface area contributed by atoms with E-state index in [9.17, 15) is 14.4 Å². The van der Waals surface area contributed by atoms with Gasteiger partial charge >= 0.3 is 5.97 Å². The lowest BCUT2D eigenvalue weighted by molar-refractivity contribution is -0.124. The maximum absolute atomic E-state index is 13.7. The Kier molecular flexibility index (Phi) is 8.60. The summed E-state index contributed by atoms with van der Waals surface area (Å²) < 4.78 is 10.3. The first-order chi connectivity index (χ1) is 18.3. The van der Waals surface area contributed by atoms with Crippen LogP contribution >= 0.6 is 23.8 Å². The van der Waals surface area contributed by atoms with Crippen LogP contribution in [0, 0.1) is 0 Å². The van der Waals surface area contributed by atoms with E-state index in [4.69, 9.17) is 33.3 Å². The summed E-state index contributed by atoms with van der Waals surface area (Å²) in [4.78, 5) is 41.8. The van der Waals surface area contributed by atoms with Crippen LogP contribution in [-0.4, -0.2) is 47.6 Å². The summed E-state index contributed by atoms with van der Waals surface area (Å²) in [5.74, 6) is -0.422. The Labute approximate surface area is 231 Å². The van der Waals surface area contributed by atoms with Crippen molar-refractivity contribution in [1.82, 2.24) is 4.90 Å². The molecule has 0 bridgehead atoms. The van der Waals surface area contributed by atoms with E-state index in [-0.39, 0.29) is 30.0 Å². The summed E-state index contributed by atoms with van der Waals surface area (Å²) in [6.07, 6.45) is -0.116. The van der Waals surface area contributed by atoms with Crippen molar-refractivity contribution in [3.63, 3.8) is 0 Å². The minimum Gasteiger partial charge on any atom is -0.497 e. The lowest BCUT2D eigenvalue weighted by atomic mass is 10.1. The molecule has 0 aromatic heterocycles. The van der Waals surface area contributed by atoms with Crippen LogP contribution in [0.15, 0.2) is 72.8 Å². The molecule has 10 heteroatoms. The minimum absolute atomic E-state index is 0.116. The fourth-order valence-corrected chi connectivity index (χ4v) is 4.57. The molecule has 1 heterocycles. The number of carbonyl (C=O) groups is 3. The average Bonchev–Trinajstić information content (AvgIpc) is 3.14. The third-order valence-electron chi connectivity index (χ3n) is 5.97. The molecule has 0 radical (unpaired) electrons. The lowest BCUT2D eigenvalue weighted by Gasteiger charge is -2.24. The second-order valence-corrected chi connectivity index (χ2v) is 9.28. The molecule has 1 aliphatic rings. The fraction of sp³-hybridized carbons (Fsp3) is 0.214. The van der Waals surface area contributed by atoms with Crippen LogP contribution in [0.5, 0.6) is 5.75 Å². The van der Waals surface area contributed by atoms with E-state index in [1.54, 1.807) is 67.5 Å². The molecule has 1 fully saturated rings. The van der Waals surface area contributed by atoms with Crippen molar-refractivity contribution >= 4 is 58.1 Å². The van der Waals surface area contributed by atoms with Crippen molar-refractivity contribution in [2.75, 3.05) is 23.9 Å². The monoisotopic (exact) mass is 551 g/mol. The zero-order valence-electron chi connectivity index (χ0n) is 20.8. The summed E-state index contributed by atoms with van der Waals surface area (Å²) in [5.41, 5.74) is 2.32. The molecule has 0 unspecified atom stereocenters. The molecule has 2 amide bonds. The predicted octanol–water partition coefficient (Wildman–Crippen LogP) is 5.06. The van der Waals surface area contributed by atoms with Crippen molar-refractivity contribution in [2.24, 2.45) is 0 Å². The van der Waals surface area contributed by atoms with Gasteiger partial charge in [-0.1, -0.05) is 23.7 Å². The number of benzene rings is 3. The van der Waals surface area contributed by atoms with E-state index in [2.05, 4.69) is 5.32 Å². The second kappa shape index (κ2) is 12.1. The molecule has 1 N–H and O–H groups in total. The highest BCUT2D eigenvalue weighted by atomic mass is 35.5. The Morgan fingerprint density at radius 1 is 1.00 bits per heavy atom. The quantitative estimate of drug-likeness (QED) is 0.294. The van der Waals surface area contributed by atoms with Gasteiger partial charge in [-0.05, 0) is 85.4 Å². The van der Waals surface area contributed by atoms with Gasteiger partial charge in [0.25, 0.3) is 5.91 Å². The molecule has 3 aromatic rings. The third-order valence-corrected chi connectivity index (χ3v) is 6.64. The van der Waals surface area contributed by atoms with Gasteiger partial charge in [-0.3, -0.25) is 14.5 Å². The maximum Gasteiger partial charge on any atom is 0.338 e. The number of esters is 1. The van der Waals surface area contributed by atoms with Crippen LogP contribution in [-0.2, 0) is 20.9 Å². The number of carbonyl (C=O) groups excluding carboxylic acids is 3. The minimum atomic E-state index is -0.832. The number of methoxy groups -OCH3 is 1. The smallest absolute Gasteiger partial charge is 0.338 e. The predicted molar refractivity (Wildman–Crippen MR) is 150 cm³/mol. The number of thiocarbonyl (C=S) groups is 1. The molecule has 1 saturated heterocycles. The van der Waals surface area contributed by atoms with Gasteiger partial charge in [0.05, 0.1) is 31.4 Å². The van der Waals surface area contributed by atoms with Gasteiger partial charge in [-0.2, -0.15) is 0 Å². The SMILES string of the molecule is CCOC(=O)c1ccc(N2C(=O)[C@H](CC(=O)Nc3ccc(Cl)cc3)N(Cc3ccc(OC)cc3)C2=S)cc1. The van der Waals surface area contributed by atoms with Gasteiger partial charge in [-0.15, -0.1) is 0 Å². The van der Waals surface area contributed by atoms with E-state index in [1.807, 2.05) is 24.3 Å². The summed E-state index contributed by atoms with van der Waals surface area (Å²) in [6.45, 7) is 2.30. The van der Waals surface area contributed by atoms with Crippen LogP contribution in [0.3, 0.4) is 0 Å². The van der Waals surface area contributed by atoms with Crippen LogP contribution in [0.25, 0.3) is 0 Å². The van der Waals surface area contributed by atoms with Gasteiger partial charge in [-0.25, -0.2) is 4.79 Å². The van der Waals surface area contributed by atoms with Crippen LogP contribution < -0.4 is 15.0 Å². The number of nitrogens with one attached hydrogen (secondary N) is 1. The van der Waals surface area contributed by atoms with Crippen LogP contribution in [0.1, 0.15) is 29.3 Å². The number of anilines is 2. The molecule has 3 aromatic carbocycles. The summed E-state index contributed by atoms with van der Waals surface area (Å²) in [5, 5.41) is 3.62. The molecule has 0 aliphatic carbocycles. The van der Waals surface area contributed by atoms with Gasteiger partial charge in [0, 0.05) is 17.3 Å². The van der Waals surface area contributed by atoms with Crippen molar-refractivity contribution in [1.29, 1.82) is 0 Å². The average molecular weight is 552 g/mol. The number of rotatable bonds is 9. The van der Waals surface area contributed by atoms with E-state index in [0.29, 0.717) is 34.3 Å². The fourth-order valence-electron chi connectivity index (χ4n) is 4.06. The zero-order chi connectivity index (χ0) is 27.2. The van der Waals surface area contributed by atoms with E-state index >= 15 is 0 Å². The summed E-state index contributed by atoms with van der Waals surface area (Å²) >= 11 is 11.7. The Morgan fingerprint density at radius 2 is 1.66 bits per heavy atom. The third kappa shape index (κ3) is 6.12. The number of nitrogens with zero attached hydrogens (tertiary/aromatic N) is 2.